The highest BCUT2D eigenvalue weighted by molar-refractivity contribution is 6.31. The van der Waals surface area contributed by atoms with Crippen LogP contribution in [0, 0.1) is 12.7 Å². The highest BCUT2D eigenvalue weighted by atomic mass is 35.5. The number of aryl methyl sites for hydroxylation is 1. The molecule has 0 saturated heterocycles. The zero-order valence-corrected chi connectivity index (χ0v) is 16.9. The topological polar surface area (TPSA) is 57.5 Å². The quantitative estimate of drug-likeness (QED) is 0.459. The summed E-state index contributed by atoms with van der Waals surface area (Å²) in [6.45, 7) is 7.29. The number of nitrogens with zero attached hydrogens (tertiary/aromatic N) is 2. The van der Waals surface area contributed by atoms with Crippen molar-refractivity contribution < 1.29 is 9.50 Å². The number of halogens is 2. The lowest BCUT2D eigenvalue weighted by Gasteiger charge is -2.24. The lowest BCUT2D eigenvalue weighted by Crippen LogP contribution is -2.16. The number of allylic oxidation sites excluding steroid dienone is 1. The highest BCUT2D eigenvalue weighted by Gasteiger charge is 2.26. The summed E-state index contributed by atoms with van der Waals surface area (Å²) in [5.41, 5.74) is 2.44. The number of phenols is 1. The second-order valence-corrected chi connectivity index (χ2v) is 6.88. The van der Waals surface area contributed by atoms with Gasteiger partial charge in [-0.05, 0) is 44.8 Å². The number of benzene rings is 2. The predicted molar refractivity (Wildman–Crippen MR) is 118 cm³/mol. The molecular weight excluding hydrogens is 389 g/mol. The number of hydrogen-bond donors (Lipinski definition) is 2. The van der Waals surface area contributed by atoms with Crippen LogP contribution in [0.25, 0.3) is 6.08 Å². The molecule has 1 aromatic heterocycles. The van der Waals surface area contributed by atoms with E-state index < -0.39 is 11.9 Å². The molecule has 0 fully saturated rings. The van der Waals surface area contributed by atoms with Crippen molar-refractivity contribution >= 4 is 35.9 Å². The molecule has 0 spiro atoms. The van der Waals surface area contributed by atoms with Gasteiger partial charge in [0.1, 0.15) is 23.1 Å². The van der Waals surface area contributed by atoms with Crippen molar-refractivity contribution in [2.75, 3.05) is 5.32 Å². The Hall–Kier alpha value is -3.18. The van der Waals surface area contributed by atoms with Gasteiger partial charge in [-0.25, -0.2) is 9.37 Å². The summed E-state index contributed by atoms with van der Waals surface area (Å²) in [5.74, 6) is -0.0628. The SMILES string of the molecule is C=Nc1c(/C=C\C)ccc(C(Nc2cccc(C)n2)c2c(F)cccc2Cl)c1O. The first kappa shape index (κ1) is 20.6. The van der Waals surface area contributed by atoms with Gasteiger partial charge in [-0.2, -0.15) is 0 Å². The van der Waals surface area contributed by atoms with Crippen LogP contribution in [-0.2, 0) is 0 Å². The molecule has 29 heavy (non-hydrogen) atoms. The molecule has 0 amide bonds. The van der Waals surface area contributed by atoms with Crippen LogP contribution in [0.1, 0.15) is 35.3 Å². The van der Waals surface area contributed by atoms with E-state index in [2.05, 4.69) is 22.0 Å². The van der Waals surface area contributed by atoms with Gasteiger partial charge in [0.05, 0.1) is 6.04 Å². The number of hydrogen-bond acceptors (Lipinski definition) is 4. The molecule has 148 valence electrons. The lowest BCUT2D eigenvalue weighted by atomic mass is 9.94. The second kappa shape index (κ2) is 8.88. The summed E-state index contributed by atoms with van der Waals surface area (Å²) < 4.78 is 14.8. The second-order valence-electron chi connectivity index (χ2n) is 6.48. The maximum Gasteiger partial charge on any atom is 0.147 e. The van der Waals surface area contributed by atoms with Crippen molar-refractivity contribution in [2.24, 2.45) is 4.99 Å². The number of pyridine rings is 1. The van der Waals surface area contributed by atoms with Gasteiger partial charge in [-0.1, -0.05) is 48.0 Å². The molecule has 0 aliphatic heterocycles. The lowest BCUT2D eigenvalue weighted by molar-refractivity contribution is 0.467. The first-order chi connectivity index (χ1) is 14.0. The maximum atomic E-state index is 14.8. The fourth-order valence-corrected chi connectivity index (χ4v) is 3.46. The maximum absolute atomic E-state index is 14.8. The summed E-state index contributed by atoms with van der Waals surface area (Å²) in [7, 11) is 0. The van der Waals surface area contributed by atoms with Crippen LogP contribution in [0.15, 0.2) is 59.6 Å². The van der Waals surface area contributed by atoms with Gasteiger partial charge in [-0.3, -0.25) is 4.99 Å². The Kier molecular flexibility index (Phi) is 6.29. The van der Waals surface area contributed by atoms with Gasteiger partial charge in [-0.15, -0.1) is 0 Å². The molecule has 1 heterocycles. The summed E-state index contributed by atoms with van der Waals surface area (Å²) in [6, 6.07) is 12.7. The van der Waals surface area contributed by atoms with Crippen LogP contribution >= 0.6 is 11.6 Å². The molecular formula is C23H21ClFN3O. The van der Waals surface area contributed by atoms with Gasteiger partial charge >= 0.3 is 0 Å². The summed E-state index contributed by atoms with van der Waals surface area (Å²) in [4.78, 5) is 8.41. The van der Waals surface area contributed by atoms with Gasteiger partial charge in [0.15, 0.2) is 0 Å². The molecule has 2 N–H and O–H groups in total. The monoisotopic (exact) mass is 409 g/mol. The zero-order valence-electron chi connectivity index (χ0n) is 16.2. The molecule has 3 rings (SSSR count). The van der Waals surface area contributed by atoms with E-state index in [9.17, 15) is 9.50 Å². The third-order valence-electron chi connectivity index (χ3n) is 4.50. The van der Waals surface area contributed by atoms with Crippen LogP contribution in [-0.4, -0.2) is 16.8 Å². The largest absolute Gasteiger partial charge is 0.505 e. The third kappa shape index (κ3) is 4.30. The third-order valence-corrected chi connectivity index (χ3v) is 4.83. The fraction of sp³-hybridized carbons (Fsp3) is 0.130. The Morgan fingerprint density at radius 2 is 1.97 bits per heavy atom. The molecule has 6 heteroatoms. The van der Waals surface area contributed by atoms with E-state index >= 15 is 0 Å². The number of phenolic OH excluding ortho intramolecular Hbond substituents is 1. The van der Waals surface area contributed by atoms with E-state index in [1.54, 1.807) is 24.3 Å². The molecule has 1 unspecified atom stereocenters. The smallest absolute Gasteiger partial charge is 0.147 e. The minimum absolute atomic E-state index is 0.0972. The van der Waals surface area contributed by atoms with Crippen LogP contribution in [0.5, 0.6) is 5.75 Å². The Morgan fingerprint density at radius 1 is 1.21 bits per heavy atom. The Bertz CT molecular complexity index is 1060. The van der Waals surface area contributed by atoms with E-state index in [-0.39, 0.29) is 16.3 Å². The minimum atomic E-state index is -0.793. The molecule has 0 aliphatic carbocycles. The number of aliphatic imine (C=N–C) groups is 1. The first-order valence-electron chi connectivity index (χ1n) is 9.05. The van der Waals surface area contributed by atoms with E-state index in [4.69, 9.17) is 11.6 Å². The van der Waals surface area contributed by atoms with Crippen molar-refractivity contribution in [1.29, 1.82) is 0 Å². The van der Waals surface area contributed by atoms with Crippen molar-refractivity contribution in [3.05, 3.63) is 87.8 Å². The number of aromatic hydroxyl groups is 1. The summed E-state index contributed by atoms with van der Waals surface area (Å²) in [6.07, 6.45) is 3.65. The molecule has 4 nitrogen and oxygen atoms in total. The summed E-state index contributed by atoms with van der Waals surface area (Å²) in [5, 5.41) is 14.4. The number of aromatic nitrogens is 1. The Labute approximate surface area is 174 Å². The van der Waals surface area contributed by atoms with Gasteiger partial charge in [0.25, 0.3) is 0 Å². The van der Waals surface area contributed by atoms with E-state index in [1.165, 1.54) is 12.1 Å². The minimum Gasteiger partial charge on any atom is -0.505 e. The number of anilines is 1. The molecule has 3 aromatic rings. The van der Waals surface area contributed by atoms with Crippen LogP contribution < -0.4 is 5.32 Å². The van der Waals surface area contributed by atoms with Gasteiger partial charge in [0, 0.05) is 27.4 Å². The first-order valence-corrected chi connectivity index (χ1v) is 9.43. The zero-order chi connectivity index (χ0) is 21.0. The predicted octanol–water partition coefficient (Wildman–Crippen LogP) is 6.45. The van der Waals surface area contributed by atoms with Gasteiger partial charge in [0.2, 0.25) is 0 Å². The van der Waals surface area contributed by atoms with Crippen molar-refractivity contribution in [1.82, 2.24) is 4.98 Å². The Balaban J connectivity index is 2.22. The molecule has 0 saturated carbocycles. The van der Waals surface area contributed by atoms with Crippen molar-refractivity contribution in [3.8, 4) is 5.75 Å². The molecule has 0 radical (unpaired) electrons. The molecule has 0 bridgehead atoms. The molecule has 0 aliphatic rings. The summed E-state index contributed by atoms with van der Waals surface area (Å²) >= 11 is 6.35. The highest BCUT2D eigenvalue weighted by Crippen LogP contribution is 2.42. The van der Waals surface area contributed by atoms with Gasteiger partial charge < -0.3 is 10.4 Å². The van der Waals surface area contributed by atoms with E-state index in [1.807, 2.05) is 38.1 Å². The number of nitrogens with one attached hydrogen (secondary N) is 1. The van der Waals surface area contributed by atoms with Crippen LogP contribution in [0.2, 0.25) is 5.02 Å². The fourth-order valence-electron chi connectivity index (χ4n) is 3.19. The van der Waals surface area contributed by atoms with Crippen molar-refractivity contribution in [3.63, 3.8) is 0 Å². The average Bonchev–Trinajstić information content (AvgIpc) is 2.68. The number of rotatable bonds is 6. The average molecular weight is 410 g/mol. The molecule has 2 aromatic carbocycles. The van der Waals surface area contributed by atoms with Crippen molar-refractivity contribution in [2.45, 2.75) is 19.9 Å². The molecule has 1 atom stereocenters. The van der Waals surface area contributed by atoms with E-state index in [0.29, 0.717) is 22.6 Å². The standard InChI is InChI=1S/C23H21ClFN3O/c1-4-7-15-12-13-16(23(29)21(15)26-3)22(20-17(24)9-6-10-18(20)25)28-19-11-5-8-14(2)27-19/h4-13,22,29H,3H2,1-2H3,(H,27,28)/b7-4-. The van der Waals surface area contributed by atoms with Crippen LogP contribution in [0.3, 0.4) is 0 Å². The van der Waals surface area contributed by atoms with E-state index in [0.717, 1.165) is 5.69 Å². The normalized spacial score (nSPS) is 12.1. The Morgan fingerprint density at radius 3 is 2.62 bits per heavy atom. The van der Waals surface area contributed by atoms with Crippen LogP contribution in [0.4, 0.5) is 15.9 Å².